The first kappa shape index (κ1) is 27.5. The molecule has 7 N–H and O–H groups in total. The summed E-state index contributed by atoms with van der Waals surface area (Å²) < 4.78 is 27.5. The van der Waals surface area contributed by atoms with Crippen LogP contribution in [0.1, 0.15) is 0 Å². The molecule has 0 spiro atoms. The second-order valence-electron chi connectivity index (χ2n) is 9.54. The van der Waals surface area contributed by atoms with Gasteiger partial charge in [0.2, 0.25) is 6.29 Å². The Balaban J connectivity index is 1.30. The Morgan fingerprint density at radius 1 is 0.974 bits per heavy atom. The van der Waals surface area contributed by atoms with Gasteiger partial charge in [-0.2, -0.15) is 0 Å². The van der Waals surface area contributed by atoms with Crippen LogP contribution in [0.15, 0.2) is 57.9 Å². The molecule has 13 nitrogen and oxygen atoms in total. The van der Waals surface area contributed by atoms with Crippen molar-refractivity contribution < 1.29 is 59.1 Å². The minimum absolute atomic E-state index is 0.0580. The number of aliphatic hydroxyl groups is 6. The van der Waals surface area contributed by atoms with Crippen molar-refractivity contribution in [2.24, 2.45) is 0 Å². The van der Waals surface area contributed by atoms with Crippen LogP contribution in [-0.4, -0.2) is 104 Å². The van der Waals surface area contributed by atoms with Crippen LogP contribution in [0.5, 0.6) is 11.5 Å². The van der Waals surface area contributed by atoms with Crippen molar-refractivity contribution in [1.29, 1.82) is 0 Å². The summed E-state index contributed by atoms with van der Waals surface area (Å²) in [7, 11) is 0. The van der Waals surface area contributed by atoms with Crippen molar-refractivity contribution >= 4 is 11.0 Å². The van der Waals surface area contributed by atoms with Crippen LogP contribution in [0.25, 0.3) is 22.1 Å². The Labute approximate surface area is 220 Å². The average molecular weight is 548 g/mol. The van der Waals surface area contributed by atoms with E-state index in [1.165, 1.54) is 36.6 Å². The molecule has 0 radical (unpaired) electrons. The topological polar surface area (TPSA) is 209 Å². The predicted molar refractivity (Wildman–Crippen MR) is 131 cm³/mol. The summed E-state index contributed by atoms with van der Waals surface area (Å²) in [5, 5.41) is 70.3. The summed E-state index contributed by atoms with van der Waals surface area (Å²) in [6.07, 6.45) is -9.29. The quantitative estimate of drug-likeness (QED) is 0.185. The molecule has 2 aromatic carbocycles. The molecule has 2 aliphatic rings. The third kappa shape index (κ3) is 5.24. The van der Waals surface area contributed by atoms with E-state index in [0.717, 1.165) is 0 Å². The highest BCUT2D eigenvalue weighted by Gasteiger charge is 2.50. The highest BCUT2D eigenvalue weighted by Crippen LogP contribution is 2.30. The van der Waals surface area contributed by atoms with Gasteiger partial charge in [0.25, 0.3) is 0 Å². The van der Waals surface area contributed by atoms with E-state index in [9.17, 15) is 40.5 Å². The number of phenols is 1. The summed E-state index contributed by atoms with van der Waals surface area (Å²) in [4.78, 5) is 13.0. The molecule has 3 aromatic rings. The highest BCUT2D eigenvalue weighted by molar-refractivity contribution is 5.82. The maximum absolute atomic E-state index is 13.0. The van der Waals surface area contributed by atoms with E-state index >= 15 is 0 Å². The van der Waals surface area contributed by atoms with Gasteiger partial charge in [-0.05, 0) is 29.8 Å². The molecule has 8 atom stereocenters. The molecule has 2 aliphatic heterocycles. The van der Waals surface area contributed by atoms with Gasteiger partial charge in [-0.15, -0.1) is 0 Å². The average Bonchev–Trinajstić information content (AvgIpc) is 3.22. The number of aliphatic hydroxyl groups excluding tert-OH is 5. The van der Waals surface area contributed by atoms with Gasteiger partial charge in [-0.3, -0.25) is 4.79 Å². The second-order valence-corrected chi connectivity index (χ2v) is 9.54. The first-order valence-corrected chi connectivity index (χ1v) is 12.1. The third-order valence-electron chi connectivity index (χ3n) is 6.85. The Morgan fingerprint density at radius 3 is 2.41 bits per heavy atom. The van der Waals surface area contributed by atoms with Crippen molar-refractivity contribution in [2.75, 3.05) is 19.8 Å². The molecule has 0 amide bonds. The number of hydrogen-bond donors (Lipinski definition) is 7. The van der Waals surface area contributed by atoms with Crippen LogP contribution < -0.4 is 10.2 Å². The van der Waals surface area contributed by atoms with E-state index < -0.39 is 61.9 Å². The molecule has 39 heavy (non-hydrogen) atoms. The Hall–Kier alpha value is -3.11. The molecule has 0 aliphatic carbocycles. The van der Waals surface area contributed by atoms with Gasteiger partial charge >= 0.3 is 0 Å². The molecule has 13 heteroatoms. The molecular formula is C26H28O13. The fourth-order valence-electron chi connectivity index (χ4n) is 4.43. The second kappa shape index (κ2) is 10.8. The van der Waals surface area contributed by atoms with Crippen LogP contribution in [0, 0.1) is 0 Å². The minimum Gasteiger partial charge on any atom is -0.508 e. The lowest BCUT2D eigenvalue weighted by Crippen LogP contribution is -2.60. The number of phenolic OH excluding ortho intramolecular Hbond substituents is 1. The van der Waals surface area contributed by atoms with Gasteiger partial charge in [0.1, 0.15) is 59.5 Å². The van der Waals surface area contributed by atoms with Crippen molar-refractivity contribution in [3.8, 4) is 22.6 Å². The summed E-state index contributed by atoms with van der Waals surface area (Å²) in [5.74, 6) is 0.181. The fraction of sp³-hybridized carbons (Fsp3) is 0.423. The summed E-state index contributed by atoms with van der Waals surface area (Å²) in [6.45, 7) is -1.58. The molecule has 5 rings (SSSR count). The zero-order valence-corrected chi connectivity index (χ0v) is 20.4. The SMILES string of the molecule is O=c1c(-c2ccc(O)cc2)coc2cc(OC3OC(COC4OCC(O)(CO)C4O)C(O)C(O)C3O)ccc12. The Bertz CT molecular complexity index is 1360. The molecule has 210 valence electrons. The maximum atomic E-state index is 13.0. The molecule has 2 saturated heterocycles. The summed E-state index contributed by atoms with van der Waals surface area (Å²) in [5.41, 5.74) is -1.21. The maximum Gasteiger partial charge on any atom is 0.229 e. The van der Waals surface area contributed by atoms with Crippen LogP contribution in [-0.2, 0) is 14.2 Å². The van der Waals surface area contributed by atoms with Crippen molar-refractivity contribution in [2.45, 2.75) is 48.7 Å². The van der Waals surface area contributed by atoms with Crippen molar-refractivity contribution in [3.63, 3.8) is 0 Å². The van der Waals surface area contributed by atoms with Crippen LogP contribution in [0.3, 0.4) is 0 Å². The monoisotopic (exact) mass is 548 g/mol. The fourth-order valence-corrected chi connectivity index (χ4v) is 4.43. The molecule has 8 unspecified atom stereocenters. The zero-order chi connectivity index (χ0) is 27.9. The molecule has 0 bridgehead atoms. The molecule has 2 fully saturated rings. The first-order valence-electron chi connectivity index (χ1n) is 12.1. The third-order valence-corrected chi connectivity index (χ3v) is 6.85. The molecule has 1 aromatic heterocycles. The van der Waals surface area contributed by atoms with Gasteiger partial charge in [0.05, 0.1) is 30.8 Å². The van der Waals surface area contributed by atoms with Gasteiger partial charge in [-0.1, -0.05) is 12.1 Å². The van der Waals surface area contributed by atoms with E-state index in [-0.39, 0.29) is 40.1 Å². The van der Waals surface area contributed by atoms with Crippen molar-refractivity contribution in [3.05, 3.63) is 59.0 Å². The minimum atomic E-state index is -1.91. The number of fused-ring (bicyclic) bond motifs is 1. The number of aromatic hydroxyl groups is 1. The molecular weight excluding hydrogens is 520 g/mol. The van der Waals surface area contributed by atoms with Crippen molar-refractivity contribution in [1.82, 2.24) is 0 Å². The lowest BCUT2D eigenvalue weighted by atomic mass is 9.99. The van der Waals surface area contributed by atoms with Gasteiger partial charge in [0.15, 0.2) is 11.7 Å². The van der Waals surface area contributed by atoms with E-state index in [4.69, 9.17) is 23.4 Å². The highest BCUT2D eigenvalue weighted by atomic mass is 16.7. The summed E-state index contributed by atoms with van der Waals surface area (Å²) >= 11 is 0. The predicted octanol–water partition coefficient (Wildman–Crippen LogP) is -1.19. The zero-order valence-electron chi connectivity index (χ0n) is 20.4. The van der Waals surface area contributed by atoms with E-state index in [1.54, 1.807) is 12.1 Å². The lowest BCUT2D eigenvalue weighted by Gasteiger charge is -2.40. The Morgan fingerprint density at radius 2 is 1.72 bits per heavy atom. The van der Waals surface area contributed by atoms with E-state index in [2.05, 4.69) is 0 Å². The Kier molecular flexibility index (Phi) is 7.61. The van der Waals surface area contributed by atoms with Crippen LogP contribution in [0.4, 0.5) is 0 Å². The smallest absolute Gasteiger partial charge is 0.229 e. The van der Waals surface area contributed by atoms with E-state index in [1.807, 2.05) is 0 Å². The van der Waals surface area contributed by atoms with Crippen LogP contribution >= 0.6 is 0 Å². The van der Waals surface area contributed by atoms with Gasteiger partial charge in [-0.25, -0.2) is 0 Å². The van der Waals surface area contributed by atoms with Gasteiger partial charge in [0, 0.05) is 6.07 Å². The normalized spacial score (nSPS) is 32.9. The molecule has 3 heterocycles. The molecule has 0 saturated carbocycles. The number of rotatable bonds is 7. The van der Waals surface area contributed by atoms with Gasteiger partial charge < -0.3 is 59.1 Å². The number of benzene rings is 2. The van der Waals surface area contributed by atoms with Crippen LogP contribution in [0.2, 0.25) is 0 Å². The standard InChI is InChI=1S/C26H28O13/c27-10-26(34)11-37-25(23(26)33)36-9-18-20(30)21(31)22(32)24(39-18)38-14-5-6-15-17(7-14)35-8-16(19(15)29)12-1-3-13(28)4-2-12/h1-8,18,20-25,27-28,30-34H,9-11H2. The lowest BCUT2D eigenvalue weighted by molar-refractivity contribution is -0.289. The summed E-state index contributed by atoms with van der Waals surface area (Å²) in [6, 6.07) is 10.4. The van der Waals surface area contributed by atoms with E-state index in [0.29, 0.717) is 5.56 Å². The first-order chi connectivity index (χ1) is 18.6. The number of hydrogen-bond acceptors (Lipinski definition) is 13. The number of ether oxygens (including phenoxy) is 4. The largest absolute Gasteiger partial charge is 0.508 e.